The van der Waals surface area contributed by atoms with Crippen molar-refractivity contribution in [2.45, 2.75) is 11.8 Å². The van der Waals surface area contributed by atoms with Crippen molar-refractivity contribution in [3.63, 3.8) is 0 Å². The number of nitrogens with zero attached hydrogens (tertiary/aromatic N) is 1. The van der Waals surface area contributed by atoms with Crippen molar-refractivity contribution in [2.75, 3.05) is 11.5 Å². The average molecular weight is 650 g/mol. The van der Waals surface area contributed by atoms with Crippen molar-refractivity contribution in [3.8, 4) is 11.5 Å². The molecule has 190 valence electrons. The van der Waals surface area contributed by atoms with Gasteiger partial charge in [0.1, 0.15) is 10.5 Å². The van der Waals surface area contributed by atoms with Gasteiger partial charge in [-0.1, -0.05) is 34.1 Å². The Morgan fingerprint density at radius 1 is 0.973 bits per heavy atom. The fourth-order valence-corrected chi connectivity index (χ4v) is 5.30. The van der Waals surface area contributed by atoms with Crippen LogP contribution in [0.4, 0.5) is 10.5 Å². The van der Waals surface area contributed by atoms with Crippen LogP contribution < -0.4 is 19.1 Å². The molecule has 1 aliphatic heterocycles. The zero-order valence-corrected chi connectivity index (χ0v) is 23.1. The summed E-state index contributed by atoms with van der Waals surface area (Å²) < 4.78 is 37.5. The van der Waals surface area contributed by atoms with Gasteiger partial charge in [0, 0.05) is 4.47 Å². The average Bonchev–Trinajstić information content (AvgIpc) is 2.85. The van der Waals surface area contributed by atoms with E-state index in [0.29, 0.717) is 5.56 Å². The predicted molar refractivity (Wildman–Crippen MR) is 143 cm³/mol. The number of amides is 4. The molecule has 0 aromatic heterocycles. The molecule has 1 saturated heterocycles. The molecule has 12 heteroatoms. The molecule has 9 nitrogen and oxygen atoms in total. The Morgan fingerprint density at radius 3 is 2.30 bits per heavy atom. The third-order valence-corrected chi connectivity index (χ3v) is 7.41. The number of imide groups is 2. The second-order valence-corrected chi connectivity index (χ2v) is 10.9. The number of ether oxygens (including phenoxy) is 1. The van der Waals surface area contributed by atoms with Crippen LogP contribution in [-0.2, 0) is 19.7 Å². The van der Waals surface area contributed by atoms with Crippen molar-refractivity contribution in [1.29, 1.82) is 0 Å². The molecule has 0 aliphatic carbocycles. The van der Waals surface area contributed by atoms with Gasteiger partial charge in [-0.05, 0) is 83.0 Å². The second-order valence-electron chi connectivity index (χ2n) is 7.55. The molecule has 1 N–H and O–H groups in total. The molecular weight excluding hydrogens is 632 g/mol. The van der Waals surface area contributed by atoms with Gasteiger partial charge in [0.15, 0.2) is 11.5 Å². The zero-order valence-electron chi connectivity index (χ0n) is 19.1. The van der Waals surface area contributed by atoms with Gasteiger partial charge in [-0.2, -0.15) is 8.42 Å². The van der Waals surface area contributed by atoms with Crippen LogP contribution in [0, 0.1) is 0 Å². The normalized spacial score (nSPS) is 15.1. The van der Waals surface area contributed by atoms with Crippen LogP contribution >= 0.6 is 31.9 Å². The number of carbonyl (C=O) groups is 3. The highest BCUT2D eigenvalue weighted by Gasteiger charge is 2.37. The van der Waals surface area contributed by atoms with E-state index in [4.69, 9.17) is 8.92 Å². The van der Waals surface area contributed by atoms with E-state index in [9.17, 15) is 22.8 Å². The molecule has 4 rings (SSSR count). The lowest BCUT2D eigenvalue weighted by Crippen LogP contribution is -2.54. The molecule has 0 radical (unpaired) electrons. The lowest BCUT2D eigenvalue weighted by atomic mass is 10.1. The Kier molecular flexibility index (Phi) is 7.81. The quantitative estimate of drug-likeness (QED) is 0.216. The maximum atomic E-state index is 13.2. The van der Waals surface area contributed by atoms with Crippen LogP contribution in [0.15, 0.2) is 86.1 Å². The standard InChI is InChI=1S/C25H18Br2N2O7S/c1-2-35-21-14-15(13-20(27)22(21)36-37(33,34)18-6-4-3-5-7-18)12-19-23(30)28-25(32)29(24(19)31)17-10-8-16(26)9-11-17/h3-14H,2H2,1H3,(H,28,30,32)/b19-12+. The van der Waals surface area contributed by atoms with Crippen molar-refractivity contribution >= 4 is 71.6 Å². The number of nitrogens with one attached hydrogen (secondary N) is 1. The van der Waals surface area contributed by atoms with E-state index in [0.717, 1.165) is 9.37 Å². The molecule has 0 spiro atoms. The molecular formula is C25H18Br2N2O7S. The molecule has 1 aliphatic rings. The SMILES string of the molecule is CCOc1cc(/C=C2\C(=O)NC(=O)N(c3ccc(Br)cc3)C2=O)cc(Br)c1OS(=O)(=O)c1ccccc1. The minimum absolute atomic E-state index is 0.0438. The fraction of sp³-hybridized carbons (Fsp3) is 0.0800. The number of barbiturate groups is 1. The van der Waals surface area contributed by atoms with Crippen LogP contribution in [-0.4, -0.2) is 32.9 Å². The first kappa shape index (κ1) is 26.6. The van der Waals surface area contributed by atoms with E-state index >= 15 is 0 Å². The van der Waals surface area contributed by atoms with Crippen LogP contribution in [0.1, 0.15) is 12.5 Å². The van der Waals surface area contributed by atoms with Crippen LogP contribution in [0.5, 0.6) is 11.5 Å². The third-order valence-electron chi connectivity index (χ3n) is 5.05. The number of carbonyl (C=O) groups excluding carboxylic acids is 3. The van der Waals surface area contributed by atoms with Gasteiger partial charge >= 0.3 is 16.1 Å². The number of hydrogen-bond acceptors (Lipinski definition) is 7. The molecule has 1 heterocycles. The van der Waals surface area contributed by atoms with Gasteiger partial charge in [0.05, 0.1) is 16.8 Å². The number of halogens is 2. The van der Waals surface area contributed by atoms with Gasteiger partial charge in [0.25, 0.3) is 11.8 Å². The molecule has 0 saturated carbocycles. The summed E-state index contributed by atoms with van der Waals surface area (Å²) in [6.45, 7) is 1.88. The minimum Gasteiger partial charge on any atom is -0.490 e. The number of anilines is 1. The Labute approximate surface area is 229 Å². The van der Waals surface area contributed by atoms with Crippen LogP contribution in [0.2, 0.25) is 0 Å². The van der Waals surface area contributed by atoms with Gasteiger partial charge in [-0.15, -0.1) is 0 Å². The van der Waals surface area contributed by atoms with E-state index in [-0.39, 0.29) is 38.7 Å². The summed E-state index contributed by atoms with van der Waals surface area (Å²) in [5.74, 6) is -1.73. The first-order valence-electron chi connectivity index (χ1n) is 10.7. The largest absolute Gasteiger partial charge is 0.490 e. The maximum Gasteiger partial charge on any atom is 0.339 e. The number of urea groups is 1. The molecule has 0 unspecified atom stereocenters. The monoisotopic (exact) mass is 648 g/mol. The molecule has 0 atom stereocenters. The Bertz CT molecular complexity index is 1520. The van der Waals surface area contributed by atoms with E-state index in [1.165, 1.54) is 30.3 Å². The highest BCUT2D eigenvalue weighted by atomic mass is 79.9. The zero-order chi connectivity index (χ0) is 26.7. The summed E-state index contributed by atoms with van der Waals surface area (Å²) in [5, 5.41) is 2.16. The lowest BCUT2D eigenvalue weighted by Gasteiger charge is -2.26. The van der Waals surface area contributed by atoms with Crippen molar-refractivity contribution < 1.29 is 31.7 Å². The number of rotatable bonds is 7. The fourth-order valence-electron chi connectivity index (χ4n) is 3.41. The topological polar surface area (TPSA) is 119 Å². The first-order chi connectivity index (χ1) is 17.6. The van der Waals surface area contributed by atoms with E-state index in [1.54, 1.807) is 49.4 Å². The Morgan fingerprint density at radius 2 is 1.65 bits per heavy atom. The third kappa shape index (κ3) is 5.76. The van der Waals surface area contributed by atoms with Crippen molar-refractivity contribution in [3.05, 3.63) is 86.8 Å². The molecule has 4 amide bonds. The van der Waals surface area contributed by atoms with Crippen LogP contribution in [0.25, 0.3) is 6.08 Å². The summed E-state index contributed by atoms with van der Waals surface area (Å²) in [5.41, 5.74) is 0.293. The second kappa shape index (κ2) is 10.9. The van der Waals surface area contributed by atoms with Crippen molar-refractivity contribution in [2.24, 2.45) is 0 Å². The van der Waals surface area contributed by atoms with Gasteiger partial charge in [0.2, 0.25) is 0 Å². The van der Waals surface area contributed by atoms with Gasteiger partial charge < -0.3 is 8.92 Å². The summed E-state index contributed by atoms with van der Waals surface area (Å²) in [4.78, 5) is 38.9. The van der Waals surface area contributed by atoms with Crippen LogP contribution in [0.3, 0.4) is 0 Å². The smallest absolute Gasteiger partial charge is 0.339 e. The first-order valence-corrected chi connectivity index (χ1v) is 13.7. The van der Waals surface area contributed by atoms with E-state index in [1.807, 2.05) is 0 Å². The summed E-state index contributed by atoms with van der Waals surface area (Å²) >= 11 is 6.60. The Hall–Kier alpha value is -3.48. The van der Waals surface area contributed by atoms with E-state index < -0.39 is 28.0 Å². The summed E-state index contributed by atoms with van der Waals surface area (Å²) in [6, 6.07) is 16.0. The van der Waals surface area contributed by atoms with Crippen molar-refractivity contribution in [1.82, 2.24) is 5.32 Å². The molecule has 3 aromatic carbocycles. The number of benzene rings is 3. The summed E-state index contributed by atoms with van der Waals surface area (Å²) in [7, 11) is -4.17. The maximum absolute atomic E-state index is 13.2. The molecule has 3 aromatic rings. The highest BCUT2D eigenvalue weighted by Crippen LogP contribution is 2.39. The Balaban J connectivity index is 1.72. The van der Waals surface area contributed by atoms with E-state index in [2.05, 4.69) is 37.2 Å². The lowest BCUT2D eigenvalue weighted by molar-refractivity contribution is -0.122. The highest BCUT2D eigenvalue weighted by molar-refractivity contribution is 9.10. The molecule has 37 heavy (non-hydrogen) atoms. The summed E-state index contributed by atoms with van der Waals surface area (Å²) in [6.07, 6.45) is 1.28. The number of hydrogen-bond donors (Lipinski definition) is 1. The van der Waals surface area contributed by atoms with Gasteiger partial charge in [-0.25, -0.2) is 9.69 Å². The minimum atomic E-state index is -4.17. The molecule has 1 fully saturated rings. The molecule has 0 bridgehead atoms. The van der Waals surface area contributed by atoms with Gasteiger partial charge in [-0.3, -0.25) is 14.9 Å². The predicted octanol–water partition coefficient (Wildman–Crippen LogP) is 5.04.